The molecule has 0 spiro atoms. The molecule has 1 unspecified atom stereocenters. The largest absolute Gasteiger partial charge is 0.443 e. The van der Waals surface area contributed by atoms with Crippen molar-refractivity contribution in [2.24, 2.45) is 0 Å². The number of hydrogen-bond acceptors (Lipinski definition) is 5. The molecule has 0 N–H and O–H groups in total. The Morgan fingerprint density at radius 1 is 1.26 bits per heavy atom. The molecule has 0 aromatic heterocycles. The highest BCUT2D eigenvalue weighted by Crippen LogP contribution is 2.31. The average molecular weight is 378 g/mol. The molecule has 1 heterocycles. The van der Waals surface area contributed by atoms with Gasteiger partial charge in [-0.05, 0) is 46.6 Å². The van der Waals surface area contributed by atoms with Gasteiger partial charge < -0.3 is 14.2 Å². The van der Waals surface area contributed by atoms with E-state index in [4.69, 9.17) is 14.2 Å². The first-order chi connectivity index (χ1) is 12.5. The predicted molar refractivity (Wildman–Crippen MR) is 101 cm³/mol. The highest BCUT2D eigenvalue weighted by atomic mass is 16.6. The molecule has 0 radical (unpaired) electrons. The minimum atomic E-state index is -0.843. The Morgan fingerprint density at radius 2 is 1.89 bits per heavy atom. The van der Waals surface area contributed by atoms with Crippen LogP contribution in [0, 0.1) is 0 Å². The molecule has 1 aliphatic rings. The van der Waals surface area contributed by atoms with Crippen molar-refractivity contribution in [2.45, 2.75) is 58.4 Å². The normalized spacial score (nSPS) is 19.0. The Kier molecular flexibility index (Phi) is 6.49. The zero-order valence-electron chi connectivity index (χ0n) is 17.0. The maximum Gasteiger partial charge on any atom is 0.420 e. The number of methoxy groups -OCH3 is 1. The Hall–Kier alpha value is -2.12. The third kappa shape index (κ3) is 5.43. The Bertz CT molecular complexity index is 654. The average Bonchev–Trinajstić information content (AvgIpc) is 2.85. The predicted octanol–water partition coefficient (Wildman–Crippen LogP) is 3.63. The van der Waals surface area contributed by atoms with Gasteiger partial charge in [0.05, 0.1) is 12.6 Å². The first kappa shape index (κ1) is 21.2. The molecule has 7 nitrogen and oxygen atoms in total. The summed E-state index contributed by atoms with van der Waals surface area (Å²) in [4.78, 5) is 28.4. The molecule has 0 bridgehead atoms. The topological polar surface area (TPSA) is 68.3 Å². The first-order valence-corrected chi connectivity index (χ1v) is 9.06. The van der Waals surface area contributed by atoms with Crippen molar-refractivity contribution in [3.8, 4) is 0 Å². The Balaban J connectivity index is 2.25. The lowest BCUT2D eigenvalue weighted by Gasteiger charge is -2.37. The first-order valence-electron chi connectivity index (χ1n) is 9.06. The number of ether oxygens (including phenoxy) is 3. The number of amides is 3. The highest BCUT2D eigenvalue weighted by molar-refractivity contribution is 5.91. The van der Waals surface area contributed by atoms with Crippen LogP contribution in [0.2, 0.25) is 0 Å². The van der Waals surface area contributed by atoms with Crippen molar-refractivity contribution in [3.63, 3.8) is 0 Å². The van der Waals surface area contributed by atoms with Gasteiger partial charge in [-0.25, -0.2) is 14.5 Å². The summed E-state index contributed by atoms with van der Waals surface area (Å²) in [6.07, 6.45) is -0.110. The lowest BCUT2D eigenvalue weighted by molar-refractivity contribution is -0.0469. The second kappa shape index (κ2) is 8.27. The quantitative estimate of drug-likeness (QED) is 0.749. The number of hydrogen-bond donors (Lipinski definition) is 0. The van der Waals surface area contributed by atoms with Crippen molar-refractivity contribution < 1.29 is 23.8 Å². The monoisotopic (exact) mass is 378 g/mol. The van der Waals surface area contributed by atoms with Crippen LogP contribution in [0.3, 0.4) is 0 Å². The van der Waals surface area contributed by atoms with Crippen LogP contribution >= 0.6 is 0 Å². The van der Waals surface area contributed by atoms with Gasteiger partial charge in [-0.2, -0.15) is 0 Å². The molecule has 27 heavy (non-hydrogen) atoms. The van der Waals surface area contributed by atoms with E-state index in [0.717, 1.165) is 10.5 Å². The number of benzene rings is 1. The number of carbonyl (C=O) groups excluding carboxylic acids is 2. The third-order valence-electron chi connectivity index (χ3n) is 4.20. The molecule has 1 fully saturated rings. The minimum absolute atomic E-state index is 0.196. The number of imide groups is 1. The van der Waals surface area contributed by atoms with Crippen LogP contribution in [0.5, 0.6) is 0 Å². The summed E-state index contributed by atoms with van der Waals surface area (Å²) >= 11 is 0. The molecule has 0 saturated carbocycles. The zero-order valence-corrected chi connectivity index (χ0v) is 17.0. The van der Waals surface area contributed by atoms with Crippen LogP contribution in [-0.2, 0) is 20.6 Å². The number of nitrogens with zero attached hydrogens (tertiary/aromatic N) is 2. The standard InChI is InChI=1S/C20H30N2O5/c1-19(2,3)27-18(24)21(14-25-6)17(23)22-16(13-26-20(22,4)5)12-15-10-8-7-9-11-15/h7-11,16H,12-14H2,1-6H3. The fourth-order valence-corrected chi connectivity index (χ4v) is 3.07. The molecule has 3 amide bonds. The van der Waals surface area contributed by atoms with Crippen molar-refractivity contribution in [1.29, 1.82) is 0 Å². The summed E-state index contributed by atoms with van der Waals surface area (Å²) in [6, 6.07) is 9.19. The zero-order chi connectivity index (χ0) is 20.2. The van der Waals surface area contributed by atoms with Crippen molar-refractivity contribution in [3.05, 3.63) is 35.9 Å². The van der Waals surface area contributed by atoms with Gasteiger partial charge in [0.25, 0.3) is 0 Å². The van der Waals surface area contributed by atoms with Gasteiger partial charge in [0.2, 0.25) is 0 Å². The van der Waals surface area contributed by atoms with Crippen molar-refractivity contribution >= 4 is 12.1 Å². The molecule has 1 aromatic rings. The lowest BCUT2D eigenvalue weighted by Crippen LogP contribution is -2.56. The van der Waals surface area contributed by atoms with E-state index in [2.05, 4.69) is 0 Å². The van der Waals surface area contributed by atoms with E-state index in [9.17, 15) is 9.59 Å². The van der Waals surface area contributed by atoms with E-state index in [-0.39, 0.29) is 12.8 Å². The van der Waals surface area contributed by atoms with E-state index in [1.807, 2.05) is 44.2 Å². The molecule has 150 valence electrons. The molecule has 7 heteroatoms. The van der Waals surface area contributed by atoms with Gasteiger partial charge in [-0.3, -0.25) is 4.90 Å². The molecule has 1 saturated heterocycles. The lowest BCUT2D eigenvalue weighted by atomic mass is 10.1. The summed E-state index contributed by atoms with van der Waals surface area (Å²) in [7, 11) is 1.43. The van der Waals surface area contributed by atoms with Crippen LogP contribution < -0.4 is 0 Å². The van der Waals surface area contributed by atoms with Gasteiger partial charge in [0.1, 0.15) is 18.1 Å². The molecular weight excluding hydrogens is 348 g/mol. The van der Waals surface area contributed by atoms with Gasteiger partial charge in [-0.1, -0.05) is 30.3 Å². The second-order valence-electron chi connectivity index (χ2n) is 8.08. The van der Waals surface area contributed by atoms with E-state index in [1.54, 1.807) is 25.7 Å². The van der Waals surface area contributed by atoms with Crippen LogP contribution in [0.25, 0.3) is 0 Å². The van der Waals surface area contributed by atoms with Gasteiger partial charge >= 0.3 is 12.1 Å². The summed E-state index contributed by atoms with van der Waals surface area (Å²) < 4.78 is 16.3. The highest BCUT2D eigenvalue weighted by Gasteiger charge is 2.47. The minimum Gasteiger partial charge on any atom is -0.443 e. The van der Waals surface area contributed by atoms with Crippen LogP contribution in [0.4, 0.5) is 9.59 Å². The molecule has 1 atom stereocenters. The SMILES string of the molecule is COCN(C(=O)OC(C)(C)C)C(=O)N1C(Cc2ccccc2)COC1(C)C. The smallest absolute Gasteiger partial charge is 0.420 e. The van der Waals surface area contributed by atoms with Gasteiger partial charge in [0, 0.05) is 7.11 Å². The van der Waals surface area contributed by atoms with E-state index in [0.29, 0.717) is 13.0 Å². The number of urea groups is 1. The fourth-order valence-electron chi connectivity index (χ4n) is 3.07. The summed E-state index contributed by atoms with van der Waals surface area (Å²) in [5.41, 5.74) is -0.467. The summed E-state index contributed by atoms with van der Waals surface area (Å²) in [6.45, 7) is 9.08. The van der Waals surface area contributed by atoms with E-state index >= 15 is 0 Å². The van der Waals surface area contributed by atoms with Crippen LogP contribution in [0.15, 0.2) is 30.3 Å². The van der Waals surface area contributed by atoms with Crippen molar-refractivity contribution in [1.82, 2.24) is 9.80 Å². The van der Waals surface area contributed by atoms with E-state index in [1.165, 1.54) is 7.11 Å². The van der Waals surface area contributed by atoms with Crippen molar-refractivity contribution in [2.75, 3.05) is 20.4 Å². The third-order valence-corrected chi connectivity index (χ3v) is 4.20. The van der Waals surface area contributed by atoms with Crippen LogP contribution in [0.1, 0.15) is 40.2 Å². The fraction of sp³-hybridized carbons (Fsp3) is 0.600. The number of rotatable bonds is 4. The molecule has 0 aliphatic carbocycles. The Labute approximate surface area is 161 Å². The maximum atomic E-state index is 13.3. The number of carbonyl (C=O) groups is 2. The van der Waals surface area contributed by atoms with Crippen LogP contribution in [-0.4, -0.2) is 59.7 Å². The maximum absolute atomic E-state index is 13.3. The molecular formula is C20H30N2O5. The Morgan fingerprint density at radius 3 is 2.44 bits per heavy atom. The summed E-state index contributed by atoms with van der Waals surface area (Å²) in [5, 5.41) is 0. The van der Waals surface area contributed by atoms with Gasteiger partial charge in [-0.15, -0.1) is 0 Å². The van der Waals surface area contributed by atoms with E-state index < -0.39 is 23.5 Å². The van der Waals surface area contributed by atoms with Gasteiger partial charge in [0.15, 0.2) is 0 Å². The second-order valence-corrected chi connectivity index (χ2v) is 8.08. The molecule has 1 aromatic carbocycles. The summed E-state index contributed by atoms with van der Waals surface area (Å²) in [5.74, 6) is 0. The molecule has 2 rings (SSSR count). The molecule has 1 aliphatic heterocycles.